The van der Waals surface area contributed by atoms with Gasteiger partial charge in [-0.25, -0.2) is 4.52 Å². The Hall–Kier alpha value is -3.13. The normalized spacial score (nSPS) is 14.2. The Labute approximate surface area is 181 Å². The highest BCUT2D eigenvalue weighted by Crippen LogP contribution is 2.29. The van der Waals surface area contributed by atoms with Crippen LogP contribution in [0.25, 0.3) is 16.8 Å². The predicted molar refractivity (Wildman–Crippen MR) is 117 cm³/mol. The van der Waals surface area contributed by atoms with Crippen molar-refractivity contribution in [2.45, 2.75) is 32.7 Å². The minimum atomic E-state index is -0.166. The molecule has 0 unspecified atom stereocenters. The number of fused-ring (bicyclic) bond motifs is 1. The van der Waals surface area contributed by atoms with E-state index in [0.717, 1.165) is 24.2 Å². The van der Waals surface area contributed by atoms with Crippen LogP contribution in [0.4, 0.5) is 0 Å². The fourth-order valence-electron chi connectivity index (χ4n) is 3.65. The van der Waals surface area contributed by atoms with Crippen LogP contribution >= 0.6 is 0 Å². The van der Waals surface area contributed by atoms with Gasteiger partial charge in [0, 0.05) is 44.0 Å². The molecular weight excluding hydrogens is 396 g/mol. The number of carbonyl (C=O) groups excluding carboxylic acids is 1. The van der Waals surface area contributed by atoms with Gasteiger partial charge in [0.25, 0.3) is 5.56 Å². The van der Waals surface area contributed by atoms with E-state index in [1.807, 2.05) is 24.3 Å². The van der Waals surface area contributed by atoms with E-state index >= 15 is 0 Å². The van der Waals surface area contributed by atoms with Crippen molar-refractivity contribution in [1.82, 2.24) is 19.1 Å². The van der Waals surface area contributed by atoms with Crippen LogP contribution in [0, 0.1) is 0 Å². The molecule has 3 aromatic rings. The van der Waals surface area contributed by atoms with Crippen molar-refractivity contribution < 1.29 is 14.3 Å². The molecule has 1 amide bonds. The molecule has 0 atom stereocenters. The summed E-state index contributed by atoms with van der Waals surface area (Å²) in [6, 6.07) is 9.51. The van der Waals surface area contributed by atoms with Gasteiger partial charge < -0.3 is 18.9 Å². The van der Waals surface area contributed by atoms with Crippen molar-refractivity contribution >= 4 is 11.4 Å². The molecule has 1 aromatic carbocycles. The van der Waals surface area contributed by atoms with Gasteiger partial charge in [0.05, 0.1) is 25.5 Å². The number of para-hydroxylation sites is 1. The largest absolute Gasteiger partial charge is 0.493 e. The molecule has 1 saturated heterocycles. The molecule has 1 aliphatic rings. The smallest absolute Gasteiger partial charge is 0.276 e. The molecule has 0 radical (unpaired) electrons. The van der Waals surface area contributed by atoms with Crippen LogP contribution in [-0.4, -0.2) is 57.9 Å². The molecule has 31 heavy (non-hydrogen) atoms. The van der Waals surface area contributed by atoms with Crippen LogP contribution in [0.2, 0.25) is 0 Å². The summed E-state index contributed by atoms with van der Waals surface area (Å²) < 4.78 is 14.4. The summed E-state index contributed by atoms with van der Waals surface area (Å²) in [6.07, 6.45) is 5.75. The number of nitrogens with zero attached hydrogens (tertiary/aromatic N) is 4. The van der Waals surface area contributed by atoms with Gasteiger partial charge in [0.15, 0.2) is 0 Å². The van der Waals surface area contributed by atoms with Gasteiger partial charge in [-0.3, -0.25) is 9.59 Å². The number of benzene rings is 1. The van der Waals surface area contributed by atoms with Crippen LogP contribution in [0.1, 0.15) is 26.2 Å². The van der Waals surface area contributed by atoms with Gasteiger partial charge in [-0.05, 0) is 24.6 Å². The topological polar surface area (TPSA) is 78.1 Å². The van der Waals surface area contributed by atoms with E-state index in [9.17, 15) is 9.59 Å². The lowest BCUT2D eigenvalue weighted by Crippen LogP contribution is -2.41. The molecule has 0 bridgehead atoms. The predicted octanol–water partition coefficient (Wildman–Crippen LogP) is 2.59. The third-order valence-electron chi connectivity index (χ3n) is 5.45. The summed E-state index contributed by atoms with van der Waals surface area (Å²) in [6.45, 7) is 5.46. The van der Waals surface area contributed by atoms with E-state index < -0.39 is 0 Å². The second-order valence-corrected chi connectivity index (χ2v) is 7.60. The first-order chi connectivity index (χ1) is 15.2. The first kappa shape index (κ1) is 21.1. The van der Waals surface area contributed by atoms with Crippen LogP contribution in [0.15, 0.2) is 47.5 Å². The zero-order chi connectivity index (χ0) is 21.6. The van der Waals surface area contributed by atoms with Gasteiger partial charge in [0.2, 0.25) is 5.91 Å². The molecule has 8 heteroatoms. The fraction of sp³-hybridized carbons (Fsp3) is 0.435. The average molecular weight is 425 g/mol. The van der Waals surface area contributed by atoms with Crippen LogP contribution in [-0.2, 0) is 16.1 Å². The molecule has 3 heterocycles. The average Bonchev–Trinajstić information content (AvgIpc) is 3.25. The molecule has 0 N–H and O–H groups in total. The van der Waals surface area contributed by atoms with Crippen LogP contribution in [0.3, 0.4) is 0 Å². The Morgan fingerprint density at radius 1 is 1.19 bits per heavy atom. The van der Waals surface area contributed by atoms with Crippen LogP contribution < -0.4 is 10.3 Å². The number of ether oxygens (including phenoxy) is 2. The first-order valence-electron chi connectivity index (χ1n) is 10.8. The van der Waals surface area contributed by atoms with Gasteiger partial charge >= 0.3 is 0 Å². The highest BCUT2D eigenvalue weighted by Gasteiger charge is 2.17. The summed E-state index contributed by atoms with van der Waals surface area (Å²) in [5.74, 6) is 0.804. The van der Waals surface area contributed by atoms with Crippen molar-refractivity contribution in [2.75, 3.05) is 32.9 Å². The van der Waals surface area contributed by atoms with Crippen molar-refractivity contribution in [3.63, 3.8) is 0 Å². The third kappa shape index (κ3) is 4.80. The second-order valence-electron chi connectivity index (χ2n) is 7.60. The Morgan fingerprint density at radius 3 is 2.81 bits per heavy atom. The Bertz CT molecular complexity index is 1100. The minimum absolute atomic E-state index is 0.0439. The maximum atomic E-state index is 13.0. The molecule has 4 rings (SSSR count). The number of unbranched alkanes of at least 4 members (excludes halogenated alkanes) is 1. The Kier molecular flexibility index (Phi) is 6.66. The molecule has 2 aromatic heterocycles. The van der Waals surface area contributed by atoms with Gasteiger partial charge in [-0.2, -0.15) is 5.10 Å². The first-order valence-corrected chi connectivity index (χ1v) is 10.8. The maximum Gasteiger partial charge on any atom is 0.276 e. The molecule has 8 nitrogen and oxygen atoms in total. The summed E-state index contributed by atoms with van der Waals surface area (Å²) in [5, 5.41) is 4.58. The van der Waals surface area contributed by atoms with Gasteiger partial charge in [0.1, 0.15) is 11.3 Å². The molecule has 0 aliphatic carbocycles. The van der Waals surface area contributed by atoms with E-state index in [4.69, 9.17) is 9.47 Å². The van der Waals surface area contributed by atoms with E-state index in [0.29, 0.717) is 50.7 Å². The van der Waals surface area contributed by atoms with E-state index in [1.54, 1.807) is 32.4 Å². The monoisotopic (exact) mass is 424 g/mol. The van der Waals surface area contributed by atoms with E-state index in [-0.39, 0.29) is 17.9 Å². The summed E-state index contributed by atoms with van der Waals surface area (Å²) >= 11 is 0. The lowest BCUT2D eigenvalue weighted by molar-refractivity contribution is -0.135. The zero-order valence-electron chi connectivity index (χ0n) is 17.8. The summed E-state index contributed by atoms with van der Waals surface area (Å²) in [7, 11) is 0. The summed E-state index contributed by atoms with van der Waals surface area (Å²) in [5.41, 5.74) is 1.85. The fourth-order valence-corrected chi connectivity index (χ4v) is 3.65. The van der Waals surface area contributed by atoms with Crippen molar-refractivity contribution in [3.8, 4) is 17.0 Å². The van der Waals surface area contributed by atoms with Crippen molar-refractivity contribution in [3.05, 3.63) is 53.1 Å². The number of amides is 1. The van der Waals surface area contributed by atoms with Crippen molar-refractivity contribution in [1.29, 1.82) is 0 Å². The van der Waals surface area contributed by atoms with Gasteiger partial charge in [-0.15, -0.1) is 0 Å². The number of morpholine rings is 1. The molecule has 0 saturated carbocycles. The third-order valence-corrected chi connectivity index (χ3v) is 5.45. The second kappa shape index (κ2) is 9.78. The highest BCUT2D eigenvalue weighted by atomic mass is 16.5. The number of hydrogen-bond donors (Lipinski definition) is 0. The Morgan fingerprint density at radius 2 is 2.00 bits per heavy atom. The van der Waals surface area contributed by atoms with E-state index in [1.165, 1.54) is 0 Å². The number of rotatable bonds is 8. The lowest BCUT2D eigenvalue weighted by atomic mass is 10.1. The minimum Gasteiger partial charge on any atom is -0.493 e. The van der Waals surface area contributed by atoms with Crippen molar-refractivity contribution in [2.24, 2.45) is 0 Å². The molecular formula is C23H28N4O4. The molecule has 1 fully saturated rings. The molecule has 1 aliphatic heterocycles. The Balaban J connectivity index is 1.53. The SMILES string of the molecule is CCCCOc1ccccc1-c1cc2c(=O)n(CCC(=O)N3CCOCC3)ccn2n1. The summed E-state index contributed by atoms with van der Waals surface area (Å²) in [4.78, 5) is 27.2. The highest BCUT2D eigenvalue weighted by molar-refractivity contribution is 5.76. The number of aromatic nitrogens is 3. The quantitative estimate of drug-likeness (QED) is 0.520. The zero-order valence-corrected chi connectivity index (χ0v) is 17.8. The lowest BCUT2D eigenvalue weighted by Gasteiger charge is -2.26. The standard InChI is InChI=1S/C23H28N4O4/c1-2-3-14-31-21-7-5-4-6-18(21)19-17-20-23(29)26(10-11-27(20)24-19)9-8-22(28)25-12-15-30-16-13-25/h4-7,10-11,17H,2-3,8-9,12-16H2,1H3. The number of carbonyl (C=O) groups is 1. The number of hydrogen-bond acceptors (Lipinski definition) is 5. The van der Waals surface area contributed by atoms with Crippen LogP contribution in [0.5, 0.6) is 5.75 Å². The van der Waals surface area contributed by atoms with Gasteiger partial charge in [-0.1, -0.05) is 25.5 Å². The molecule has 164 valence electrons. The molecule has 0 spiro atoms. The number of aryl methyl sites for hydroxylation is 1. The van der Waals surface area contributed by atoms with E-state index in [2.05, 4.69) is 12.0 Å². The maximum absolute atomic E-state index is 13.0.